The summed E-state index contributed by atoms with van der Waals surface area (Å²) < 4.78 is 54.5. The molecule has 8 heteroatoms. The van der Waals surface area contributed by atoms with Crippen LogP contribution in [0.15, 0.2) is 71.6 Å². The van der Waals surface area contributed by atoms with Crippen LogP contribution in [-0.2, 0) is 16.6 Å². The lowest BCUT2D eigenvalue weighted by Gasteiger charge is -2.12. The number of sulfonamides is 1. The van der Waals surface area contributed by atoms with E-state index in [1.165, 1.54) is 36.4 Å². The minimum Gasteiger partial charge on any atom is -0.348 e. The van der Waals surface area contributed by atoms with Crippen molar-refractivity contribution in [3.63, 3.8) is 0 Å². The fourth-order valence-electron chi connectivity index (χ4n) is 2.68. The fraction of sp³-hybridized carbons (Fsp3) is 0.0952. The molecule has 0 unspecified atom stereocenters. The van der Waals surface area contributed by atoms with Crippen molar-refractivity contribution in [2.75, 3.05) is 4.72 Å². The Kier molecular flexibility index (Phi) is 5.93. The Labute approximate surface area is 167 Å². The fourth-order valence-corrected chi connectivity index (χ4v) is 4.01. The number of benzene rings is 3. The second-order valence-corrected chi connectivity index (χ2v) is 8.02. The van der Waals surface area contributed by atoms with E-state index in [2.05, 4.69) is 10.0 Å². The molecule has 3 aromatic rings. The molecule has 0 bridgehead atoms. The average molecular weight is 416 g/mol. The third-order valence-electron chi connectivity index (χ3n) is 4.23. The number of rotatable bonds is 6. The summed E-state index contributed by atoms with van der Waals surface area (Å²) in [6.45, 7) is 1.57. The predicted octanol–water partition coefficient (Wildman–Crippen LogP) is 4.00. The molecule has 0 heterocycles. The van der Waals surface area contributed by atoms with Gasteiger partial charge in [-0.15, -0.1) is 0 Å². The summed E-state index contributed by atoms with van der Waals surface area (Å²) in [5.74, 6) is -1.47. The molecule has 29 heavy (non-hydrogen) atoms. The molecule has 0 aliphatic heterocycles. The zero-order valence-corrected chi connectivity index (χ0v) is 16.3. The Bertz CT molecular complexity index is 1150. The summed E-state index contributed by atoms with van der Waals surface area (Å²) in [4.78, 5) is 12.3. The molecule has 0 aromatic heterocycles. The van der Waals surface area contributed by atoms with E-state index in [0.717, 1.165) is 12.1 Å². The summed E-state index contributed by atoms with van der Waals surface area (Å²) in [6.07, 6.45) is 0. The third-order valence-corrected chi connectivity index (χ3v) is 5.76. The normalized spacial score (nSPS) is 11.1. The summed E-state index contributed by atoms with van der Waals surface area (Å²) >= 11 is 0. The number of halogens is 2. The largest absolute Gasteiger partial charge is 0.348 e. The van der Waals surface area contributed by atoms with Gasteiger partial charge >= 0.3 is 0 Å². The first kappa shape index (κ1) is 20.5. The molecule has 5 nitrogen and oxygen atoms in total. The third kappa shape index (κ3) is 4.97. The molecular weight excluding hydrogens is 398 g/mol. The Morgan fingerprint density at radius 1 is 0.966 bits per heavy atom. The summed E-state index contributed by atoms with van der Waals surface area (Å²) in [5.41, 5.74) is 1.07. The van der Waals surface area contributed by atoms with Crippen LogP contribution in [0, 0.1) is 18.6 Å². The number of carbonyl (C=O) groups is 1. The molecular formula is C21H18F2N2O3S. The van der Waals surface area contributed by atoms with Crippen LogP contribution in [-0.4, -0.2) is 14.3 Å². The first-order chi connectivity index (χ1) is 13.8. The molecule has 2 N–H and O–H groups in total. The SMILES string of the molecule is Cc1ccc(C(=O)NCc2ccccc2F)cc1S(=O)(=O)Nc1ccc(F)cc1. The van der Waals surface area contributed by atoms with E-state index >= 15 is 0 Å². The maximum Gasteiger partial charge on any atom is 0.262 e. The van der Waals surface area contributed by atoms with E-state index in [1.54, 1.807) is 25.1 Å². The van der Waals surface area contributed by atoms with Crippen molar-refractivity contribution in [2.45, 2.75) is 18.4 Å². The van der Waals surface area contributed by atoms with Crippen molar-refractivity contribution in [3.8, 4) is 0 Å². The number of aryl methyl sites for hydroxylation is 1. The quantitative estimate of drug-likeness (QED) is 0.638. The average Bonchev–Trinajstić information content (AvgIpc) is 2.69. The van der Waals surface area contributed by atoms with Gasteiger partial charge in [0.1, 0.15) is 11.6 Å². The van der Waals surface area contributed by atoms with Crippen LogP contribution in [0.2, 0.25) is 0 Å². The highest BCUT2D eigenvalue weighted by Crippen LogP contribution is 2.21. The van der Waals surface area contributed by atoms with Gasteiger partial charge in [-0.05, 0) is 55.0 Å². The minimum absolute atomic E-state index is 0.0324. The molecule has 0 saturated carbocycles. The molecule has 3 rings (SSSR count). The maximum atomic E-state index is 13.7. The number of hydrogen-bond donors (Lipinski definition) is 2. The predicted molar refractivity (Wildman–Crippen MR) is 106 cm³/mol. The Balaban J connectivity index is 1.80. The van der Waals surface area contributed by atoms with Crippen LogP contribution in [0.25, 0.3) is 0 Å². The highest BCUT2D eigenvalue weighted by Gasteiger charge is 2.19. The topological polar surface area (TPSA) is 75.3 Å². The molecule has 1 amide bonds. The molecule has 0 spiro atoms. The lowest BCUT2D eigenvalue weighted by Crippen LogP contribution is -2.24. The molecule has 0 saturated heterocycles. The van der Waals surface area contributed by atoms with E-state index < -0.39 is 27.6 Å². The number of carbonyl (C=O) groups excluding carboxylic acids is 1. The van der Waals surface area contributed by atoms with Gasteiger partial charge in [0.15, 0.2) is 0 Å². The molecule has 0 atom stereocenters. The van der Waals surface area contributed by atoms with E-state index in [0.29, 0.717) is 11.1 Å². The number of anilines is 1. The second-order valence-electron chi connectivity index (χ2n) is 6.37. The Morgan fingerprint density at radius 2 is 1.66 bits per heavy atom. The van der Waals surface area contributed by atoms with Crippen molar-refractivity contribution >= 4 is 21.6 Å². The molecule has 0 aliphatic carbocycles. The highest BCUT2D eigenvalue weighted by atomic mass is 32.2. The summed E-state index contributed by atoms with van der Waals surface area (Å²) in [7, 11) is -4.00. The van der Waals surface area contributed by atoms with Gasteiger partial charge in [0.05, 0.1) is 4.90 Å². The van der Waals surface area contributed by atoms with Gasteiger partial charge in [0.25, 0.3) is 15.9 Å². The van der Waals surface area contributed by atoms with E-state index in [-0.39, 0.29) is 22.7 Å². The first-order valence-electron chi connectivity index (χ1n) is 8.67. The maximum absolute atomic E-state index is 13.7. The highest BCUT2D eigenvalue weighted by molar-refractivity contribution is 7.92. The van der Waals surface area contributed by atoms with E-state index in [1.807, 2.05) is 0 Å². The monoisotopic (exact) mass is 416 g/mol. The van der Waals surface area contributed by atoms with Crippen LogP contribution >= 0.6 is 0 Å². The zero-order valence-electron chi connectivity index (χ0n) is 15.4. The lowest BCUT2D eigenvalue weighted by molar-refractivity contribution is 0.0950. The second kappa shape index (κ2) is 8.40. The standard InChI is InChI=1S/C21H18F2N2O3S/c1-14-6-7-15(21(26)24-13-16-4-2-3-5-19(16)23)12-20(14)29(27,28)25-18-10-8-17(22)9-11-18/h2-12,25H,13H2,1H3,(H,24,26). The molecule has 3 aromatic carbocycles. The molecule has 0 radical (unpaired) electrons. The van der Waals surface area contributed by atoms with Crippen LogP contribution in [0.3, 0.4) is 0 Å². The molecule has 150 valence electrons. The minimum atomic E-state index is -4.00. The zero-order chi connectivity index (χ0) is 21.0. The van der Waals surface area contributed by atoms with Gasteiger partial charge in [-0.2, -0.15) is 0 Å². The number of hydrogen-bond acceptors (Lipinski definition) is 3. The summed E-state index contributed by atoms with van der Waals surface area (Å²) in [6, 6.07) is 15.2. The van der Waals surface area contributed by atoms with Crippen molar-refractivity contribution in [1.82, 2.24) is 5.32 Å². The Morgan fingerprint density at radius 3 is 2.34 bits per heavy atom. The van der Waals surface area contributed by atoms with E-state index in [4.69, 9.17) is 0 Å². The van der Waals surface area contributed by atoms with Gasteiger partial charge in [0.2, 0.25) is 0 Å². The van der Waals surface area contributed by atoms with Crippen molar-refractivity contribution in [1.29, 1.82) is 0 Å². The van der Waals surface area contributed by atoms with Crippen molar-refractivity contribution in [2.24, 2.45) is 0 Å². The summed E-state index contributed by atoms with van der Waals surface area (Å²) in [5, 5.41) is 2.57. The van der Waals surface area contributed by atoms with Crippen LogP contribution in [0.4, 0.5) is 14.5 Å². The molecule has 0 aliphatic rings. The van der Waals surface area contributed by atoms with E-state index in [9.17, 15) is 22.0 Å². The van der Waals surface area contributed by atoms with Crippen LogP contribution < -0.4 is 10.0 Å². The van der Waals surface area contributed by atoms with Gasteiger partial charge in [-0.1, -0.05) is 24.3 Å². The van der Waals surface area contributed by atoms with Gasteiger partial charge < -0.3 is 5.32 Å². The smallest absolute Gasteiger partial charge is 0.262 e. The van der Waals surface area contributed by atoms with Crippen LogP contribution in [0.5, 0.6) is 0 Å². The first-order valence-corrected chi connectivity index (χ1v) is 10.2. The molecule has 0 fully saturated rings. The number of nitrogens with one attached hydrogen (secondary N) is 2. The lowest BCUT2D eigenvalue weighted by atomic mass is 10.1. The van der Waals surface area contributed by atoms with Gasteiger partial charge in [-0.25, -0.2) is 17.2 Å². The van der Waals surface area contributed by atoms with Crippen molar-refractivity contribution < 1.29 is 22.0 Å². The van der Waals surface area contributed by atoms with Crippen LogP contribution in [0.1, 0.15) is 21.5 Å². The van der Waals surface area contributed by atoms with Gasteiger partial charge in [0, 0.05) is 23.4 Å². The Hall–Kier alpha value is -3.26. The number of amides is 1. The van der Waals surface area contributed by atoms with Gasteiger partial charge in [-0.3, -0.25) is 9.52 Å². The van der Waals surface area contributed by atoms with Crippen molar-refractivity contribution in [3.05, 3.63) is 95.1 Å².